The Bertz CT molecular complexity index is 1210. The van der Waals surface area contributed by atoms with E-state index in [1.54, 1.807) is 18.2 Å². The zero-order chi connectivity index (χ0) is 26.9. The van der Waals surface area contributed by atoms with Gasteiger partial charge in [-0.15, -0.1) is 0 Å². The third-order valence-electron chi connectivity index (χ3n) is 6.37. The summed E-state index contributed by atoms with van der Waals surface area (Å²) in [6.45, 7) is 10.1. The van der Waals surface area contributed by atoms with Crippen LogP contribution in [0, 0.1) is 32.5 Å². The van der Waals surface area contributed by atoms with Gasteiger partial charge < -0.3 is 15.0 Å². The van der Waals surface area contributed by atoms with Gasteiger partial charge in [0.25, 0.3) is 5.91 Å². The van der Waals surface area contributed by atoms with E-state index >= 15 is 0 Å². The zero-order valence-corrected chi connectivity index (χ0v) is 22.4. The maximum Gasteiger partial charge on any atom is 0.261 e. The molecule has 1 atom stereocenters. The number of amides is 2. The van der Waals surface area contributed by atoms with Gasteiger partial charge in [-0.25, -0.2) is 4.39 Å². The van der Waals surface area contributed by atoms with Gasteiger partial charge in [-0.05, 0) is 61.1 Å². The highest BCUT2D eigenvalue weighted by molar-refractivity contribution is 5.88. The summed E-state index contributed by atoms with van der Waals surface area (Å²) in [4.78, 5) is 28.6. The molecule has 0 aliphatic rings. The van der Waals surface area contributed by atoms with Gasteiger partial charge >= 0.3 is 0 Å². The van der Waals surface area contributed by atoms with E-state index in [2.05, 4.69) is 11.4 Å². The summed E-state index contributed by atoms with van der Waals surface area (Å²) in [6.07, 6.45) is 0.299. The lowest BCUT2D eigenvalue weighted by molar-refractivity contribution is -0.142. The van der Waals surface area contributed by atoms with Crippen molar-refractivity contribution in [3.05, 3.63) is 100 Å². The summed E-state index contributed by atoms with van der Waals surface area (Å²) in [5, 5.41) is 2.97. The average molecular weight is 505 g/mol. The van der Waals surface area contributed by atoms with E-state index in [-0.39, 0.29) is 30.9 Å². The molecule has 0 bridgehead atoms. The van der Waals surface area contributed by atoms with E-state index in [0.717, 1.165) is 22.3 Å². The minimum absolute atomic E-state index is 0.0483. The number of carbonyl (C=O) groups excluding carboxylic acids is 2. The molecule has 0 aliphatic heterocycles. The molecule has 0 saturated carbocycles. The van der Waals surface area contributed by atoms with Gasteiger partial charge in [0.15, 0.2) is 6.61 Å². The van der Waals surface area contributed by atoms with Gasteiger partial charge in [0, 0.05) is 25.1 Å². The first kappa shape index (κ1) is 27.9. The Morgan fingerprint density at radius 2 is 1.65 bits per heavy atom. The highest BCUT2D eigenvalue weighted by Crippen LogP contribution is 2.24. The average Bonchev–Trinajstić information content (AvgIpc) is 2.87. The molecule has 3 aromatic rings. The molecular formula is C31H37FN2O3. The standard InChI is InChI=1S/C31H37FN2O3/c1-21(2)18-33-31(36)28(17-25-11-7-6-8-12-25)34(19-26-13-9-10-14-27(26)32)30(35)20-37-29-16-22(3)15-23(4)24(29)5/h6-16,21,28H,17-20H2,1-5H3,(H,33,36)/t28-/m1/s1. The van der Waals surface area contributed by atoms with Crippen molar-refractivity contribution in [3.63, 3.8) is 0 Å². The monoisotopic (exact) mass is 504 g/mol. The molecule has 37 heavy (non-hydrogen) atoms. The van der Waals surface area contributed by atoms with Crippen LogP contribution >= 0.6 is 0 Å². The molecular weight excluding hydrogens is 467 g/mol. The number of ether oxygens (including phenoxy) is 1. The SMILES string of the molecule is Cc1cc(C)c(C)c(OCC(=O)N(Cc2ccccc2F)[C@H](Cc2ccccc2)C(=O)NCC(C)C)c1. The first-order valence-corrected chi connectivity index (χ1v) is 12.7. The fourth-order valence-electron chi connectivity index (χ4n) is 4.16. The summed E-state index contributed by atoms with van der Waals surface area (Å²) in [7, 11) is 0. The molecule has 3 rings (SSSR count). The summed E-state index contributed by atoms with van der Waals surface area (Å²) in [5.74, 6) is -0.215. The van der Waals surface area contributed by atoms with E-state index in [4.69, 9.17) is 4.74 Å². The van der Waals surface area contributed by atoms with E-state index in [1.807, 2.05) is 71.0 Å². The van der Waals surface area contributed by atoms with Crippen molar-refractivity contribution in [2.45, 2.75) is 53.6 Å². The molecule has 0 radical (unpaired) electrons. The predicted octanol–water partition coefficient (Wildman–Crippen LogP) is 5.54. The van der Waals surface area contributed by atoms with Crippen molar-refractivity contribution in [1.82, 2.24) is 10.2 Å². The Balaban J connectivity index is 1.94. The lowest BCUT2D eigenvalue weighted by Crippen LogP contribution is -2.52. The predicted molar refractivity (Wildman–Crippen MR) is 145 cm³/mol. The van der Waals surface area contributed by atoms with Gasteiger partial charge in [0.1, 0.15) is 17.6 Å². The molecule has 6 heteroatoms. The van der Waals surface area contributed by atoms with Crippen LogP contribution in [-0.4, -0.2) is 35.9 Å². The lowest BCUT2D eigenvalue weighted by atomic mass is 10.0. The molecule has 5 nitrogen and oxygen atoms in total. The van der Waals surface area contributed by atoms with Crippen LogP contribution in [0.15, 0.2) is 66.7 Å². The van der Waals surface area contributed by atoms with E-state index in [9.17, 15) is 14.0 Å². The van der Waals surface area contributed by atoms with Crippen LogP contribution in [0.5, 0.6) is 5.75 Å². The highest BCUT2D eigenvalue weighted by atomic mass is 19.1. The first-order valence-electron chi connectivity index (χ1n) is 12.7. The normalized spacial score (nSPS) is 11.8. The maximum absolute atomic E-state index is 14.7. The van der Waals surface area contributed by atoms with Crippen molar-refractivity contribution in [1.29, 1.82) is 0 Å². The van der Waals surface area contributed by atoms with Gasteiger partial charge in [0.05, 0.1) is 0 Å². The van der Waals surface area contributed by atoms with Crippen LogP contribution in [-0.2, 0) is 22.6 Å². The third kappa shape index (κ3) is 7.91. The van der Waals surface area contributed by atoms with Crippen LogP contribution in [0.1, 0.15) is 41.7 Å². The fourth-order valence-corrected chi connectivity index (χ4v) is 4.16. The lowest BCUT2D eigenvalue weighted by Gasteiger charge is -2.32. The minimum Gasteiger partial charge on any atom is -0.483 e. The van der Waals surface area contributed by atoms with Crippen LogP contribution < -0.4 is 10.1 Å². The first-order chi connectivity index (χ1) is 17.7. The number of benzene rings is 3. The number of hydrogen-bond acceptors (Lipinski definition) is 3. The summed E-state index contributed by atoms with van der Waals surface area (Å²) < 4.78 is 20.7. The van der Waals surface area contributed by atoms with Crippen LogP contribution in [0.3, 0.4) is 0 Å². The summed E-state index contributed by atoms with van der Waals surface area (Å²) >= 11 is 0. The van der Waals surface area contributed by atoms with Gasteiger partial charge in [-0.2, -0.15) is 0 Å². The topological polar surface area (TPSA) is 58.6 Å². The zero-order valence-electron chi connectivity index (χ0n) is 22.4. The molecule has 0 saturated heterocycles. The van der Waals surface area contributed by atoms with Crippen molar-refractivity contribution < 1.29 is 18.7 Å². The van der Waals surface area contributed by atoms with Crippen LogP contribution in [0.4, 0.5) is 4.39 Å². The molecule has 0 aromatic heterocycles. The Morgan fingerprint density at radius 3 is 2.32 bits per heavy atom. The Labute approximate surface area is 219 Å². The largest absolute Gasteiger partial charge is 0.483 e. The Hall–Kier alpha value is -3.67. The number of rotatable bonds is 11. The summed E-state index contributed by atoms with van der Waals surface area (Å²) in [6, 6.07) is 19.0. The number of carbonyl (C=O) groups is 2. The van der Waals surface area contributed by atoms with Crippen molar-refractivity contribution in [3.8, 4) is 5.75 Å². The maximum atomic E-state index is 14.7. The number of nitrogens with one attached hydrogen (secondary N) is 1. The van der Waals surface area contributed by atoms with E-state index in [1.165, 1.54) is 11.0 Å². The quantitative estimate of drug-likeness (QED) is 0.373. The number of nitrogens with zero attached hydrogens (tertiary/aromatic N) is 1. The number of hydrogen-bond donors (Lipinski definition) is 1. The molecule has 0 heterocycles. The molecule has 1 N–H and O–H groups in total. The molecule has 2 amide bonds. The molecule has 0 spiro atoms. The van der Waals surface area contributed by atoms with Crippen molar-refractivity contribution in [2.24, 2.45) is 5.92 Å². The number of aryl methyl sites for hydroxylation is 2. The van der Waals surface area contributed by atoms with E-state index in [0.29, 0.717) is 24.3 Å². The van der Waals surface area contributed by atoms with Crippen molar-refractivity contribution >= 4 is 11.8 Å². The van der Waals surface area contributed by atoms with Crippen LogP contribution in [0.25, 0.3) is 0 Å². The van der Waals surface area contributed by atoms with Crippen LogP contribution in [0.2, 0.25) is 0 Å². The van der Waals surface area contributed by atoms with Gasteiger partial charge in [-0.3, -0.25) is 9.59 Å². The highest BCUT2D eigenvalue weighted by Gasteiger charge is 2.31. The molecule has 196 valence electrons. The molecule has 0 unspecified atom stereocenters. The second-order valence-corrected chi connectivity index (χ2v) is 9.95. The van der Waals surface area contributed by atoms with Crippen molar-refractivity contribution in [2.75, 3.05) is 13.2 Å². The van der Waals surface area contributed by atoms with Gasteiger partial charge in [0.2, 0.25) is 5.91 Å². The second-order valence-electron chi connectivity index (χ2n) is 9.95. The smallest absolute Gasteiger partial charge is 0.261 e. The number of halogens is 1. The minimum atomic E-state index is -0.836. The third-order valence-corrected chi connectivity index (χ3v) is 6.37. The molecule has 3 aromatic carbocycles. The summed E-state index contributed by atoms with van der Waals surface area (Å²) in [5.41, 5.74) is 4.30. The Morgan fingerprint density at radius 1 is 0.973 bits per heavy atom. The second kappa shape index (κ2) is 13.0. The Kier molecular flexibility index (Phi) is 9.84. The van der Waals surface area contributed by atoms with Gasteiger partial charge in [-0.1, -0.05) is 68.4 Å². The fraction of sp³-hybridized carbons (Fsp3) is 0.355. The molecule has 0 aliphatic carbocycles. The van der Waals surface area contributed by atoms with E-state index < -0.39 is 11.9 Å². The molecule has 0 fully saturated rings.